The van der Waals surface area contributed by atoms with E-state index in [1.807, 2.05) is 32.9 Å². The molecule has 12 heavy (non-hydrogen) atoms. The fraction of sp³-hybridized carbons (Fsp3) is 0.800. The molecule has 0 amide bonds. The Morgan fingerprint density at radius 1 is 1.33 bits per heavy atom. The van der Waals surface area contributed by atoms with Crippen molar-refractivity contribution < 1.29 is 10.2 Å². The van der Waals surface area contributed by atoms with Crippen LogP contribution in [0, 0.1) is 0 Å². The molecule has 0 heterocycles. The summed E-state index contributed by atoms with van der Waals surface area (Å²) in [7, 11) is 0. The minimum absolute atomic E-state index is 0.536. The van der Waals surface area contributed by atoms with Gasteiger partial charge < -0.3 is 10.2 Å². The van der Waals surface area contributed by atoms with Crippen LogP contribution in [0.5, 0.6) is 0 Å². The number of allylic oxidation sites excluding steroid dienone is 1. The Morgan fingerprint density at radius 3 is 2.17 bits per heavy atom. The van der Waals surface area contributed by atoms with Gasteiger partial charge in [-0.15, -0.1) is 0 Å². The van der Waals surface area contributed by atoms with Crippen molar-refractivity contribution in [1.29, 1.82) is 0 Å². The third-order valence-corrected chi connectivity index (χ3v) is 2.44. The Morgan fingerprint density at radius 2 is 1.83 bits per heavy atom. The van der Waals surface area contributed by atoms with Crippen molar-refractivity contribution in [3.63, 3.8) is 0 Å². The third-order valence-electron chi connectivity index (χ3n) is 2.44. The predicted molar refractivity (Wildman–Crippen MR) is 51.0 cm³/mol. The molecule has 0 bridgehead atoms. The standard InChI is InChI=1S/C10H20O2/c1-4-7-8-9(11)10(12,5-2)6-3/h4,7,9,11-12H,5-6,8H2,1-3H3/b7-4+. The van der Waals surface area contributed by atoms with Gasteiger partial charge in [-0.3, -0.25) is 0 Å². The Kier molecular flexibility index (Phi) is 5.18. The summed E-state index contributed by atoms with van der Waals surface area (Å²) in [6.07, 6.45) is 4.86. The fourth-order valence-electron chi connectivity index (χ4n) is 1.21. The van der Waals surface area contributed by atoms with Gasteiger partial charge in [0.25, 0.3) is 0 Å². The Hall–Kier alpha value is -0.340. The minimum atomic E-state index is -0.903. The quantitative estimate of drug-likeness (QED) is 0.621. The van der Waals surface area contributed by atoms with Gasteiger partial charge in [-0.2, -0.15) is 0 Å². The van der Waals surface area contributed by atoms with E-state index in [1.165, 1.54) is 0 Å². The highest BCUT2D eigenvalue weighted by molar-refractivity contribution is 4.90. The van der Waals surface area contributed by atoms with Crippen molar-refractivity contribution in [3.8, 4) is 0 Å². The topological polar surface area (TPSA) is 40.5 Å². The zero-order valence-electron chi connectivity index (χ0n) is 8.25. The first-order chi connectivity index (χ1) is 5.60. The number of hydrogen-bond donors (Lipinski definition) is 2. The zero-order valence-corrected chi connectivity index (χ0v) is 8.25. The first-order valence-corrected chi connectivity index (χ1v) is 4.62. The van der Waals surface area contributed by atoms with Crippen molar-refractivity contribution in [3.05, 3.63) is 12.2 Å². The molecule has 1 atom stereocenters. The summed E-state index contributed by atoms with van der Waals surface area (Å²) in [5.41, 5.74) is -0.903. The summed E-state index contributed by atoms with van der Waals surface area (Å²) in [4.78, 5) is 0. The van der Waals surface area contributed by atoms with Crippen LogP contribution in [0.4, 0.5) is 0 Å². The molecule has 0 fully saturated rings. The number of rotatable bonds is 5. The molecule has 0 rings (SSSR count). The second-order valence-corrected chi connectivity index (χ2v) is 3.13. The van der Waals surface area contributed by atoms with Crippen LogP contribution in [0.25, 0.3) is 0 Å². The molecular formula is C10H20O2. The smallest absolute Gasteiger partial charge is 0.0903 e. The van der Waals surface area contributed by atoms with Gasteiger partial charge >= 0.3 is 0 Å². The highest BCUT2D eigenvalue weighted by atomic mass is 16.3. The first kappa shape index (κ1) is 11.7. The zero-order chi connectivity index (χ0) is 9.61. The van der Waals surface area contributed by atoms with Crippen molar-refractivity contribution in [2.45, 2.75) is 51.7 Å². The van der Waals surface area contributed by atoms with Crippen molar-refractivity contribution in [1.82, 2.24) is 0 Å². The summed E-state index contributed by atoms with van der Waals surface area (Å²) in [5.74, 6) is 0. The summed E-state index contributed by atoms with van der Waals surface area (Å²) in [6, 6.07) is 0. The van der Waals surface area contributed by atoms with E-state index in [9.17, 15) is 10.2 Å². The van der Waals surface area contributed by atoms with Crippen LogP contribution >= 0.6 is 0 Å². The lowest BCUT2D eigenvalue weighted by Gasteiger charge is -2.30. The Balaban J connectivity index is 4.11. The van der Waals surface area contributed by atoms with Gasteiger partial charge in [0.1, 0.15) is 0 Å². The van der Waals surface area contributed by atoms with Gasteiger partial charge in [0.15, 0.2) is 0 Å². The summed E-state index contributed by atoms with van der Waals surface area (Å²) >= 11 is 0. The molecule has 1 unspecified atom stereocenters. The molecule has 0 aliphatic carbocycles. The Labute approximate surface area is 74.9 Å². The minimum Gasteiger partial charge on any atom is -0.390 e. The maximum atomic E-state index is 9.84. The van der Waals surface area contributed by atoms with Crippen LogP contribution in [-0.4, -0.2) is 21.9 Å². The highest BCUT2D eigenvalue weighted by Crippen LogP contribution is 2.21. The average Bonchev–Trinajstić information content (AvgIpc) is 2.12. The van der Waals surface area contributed by atoms with E-state index in [1.54, 1.807) is 0 Å². The van der Waals surface area contributed by atoms with Crippen LogP contribution in [-0.2, 0) is 0 Å². The van der Waals surface area contributed by atoms with E-state index >= 15 is 0 Å². The summed E-state index contributed by atoms with van der Waals surface area (Å²) < 4.78 is 0. The van der Waals surface area contributed by atoms with E-state index in [0.717, 1.165) is 0 Å². The van der Waals surface area contributed by atoms with Gasteiger partial charge in [-0.25, -0.2) is 0 Å². The normalized spacial score (nSPS) is 15.4. The van der Waals surface area contributed by atoms with Crippen LogP contribution < -0.4 is 0 Å². The molecule has 2 heteroatoms. The van der Waals surface area contributed by atoms with E-state index in [2.05, 4.69) is 0 Å². The van der Waals surface area contributed by atoms with Gasteiger partial charge in [0.05, 0.1) is 11.7 Å². The molecule has 0 aliphatic heterocycles. The first-order valence-electron chi connectivity index (χ1n) is 4.62. The molecule has 2 N–H and O–H groups in total. The highest BCUT2D eigenvalue weighted by Gasteiger charge is 2.30. The number of aliphatic hydroxyl groups excluding tert-OH is 1. The van der Waals surface area contributed by atoms with E-state index in [-0.39, 0.29) is 0 Å². The second-order valence-electron chi connectivity index (χ2n) is 3.13. The Bertz CT molecular complexity index is 137. The molecule has 0 radical (unpaired) electrons. The SMILES string of the molecule is C/C=C/CC(O)C(O)(CC)CC. The molecular weight excluding hydrogens is 152 g/mol. The lowest BCUT2D eigenvalue weighted by molar-refractivity contribution is -0.0778. The maximum Gasteiger partial charge on any atom is 0.0903 e. The van der Waals surface area contributed by atoms with E-state index in [0.29, 0.717) is 19.3 Å². The van der Waals surface area contributed by atoms with Crippen molar-refractivity contribution in [2.75, 3.05) is 0 Å². The van der Waals surface area contributed by atoms with Gasteiger partial charge in [0, 0.05) is 0 Å². The molecule has 72 valence electrons. The summed E-state index contributed by atoms with van der Waals surface area (Å²) in [6.45, 7) is 5.69. The lowest BCUT2D eigenvalue weighted by Crippen LogP contribution is -2.40. The van der Waals surface area contributed by atoms with Gasteiger partial charge in [-0.05, 0) is 26.2 Å². The van der Waals surface area contributed by atoms with Crippen LogP contribution in [0.2, 0.25) is 0 Å². The largest absolute Gasteiger partial charge is 0.390 e. The molecule has 0 saturated heterocycles. The molecule has 0 saturated carbocycles. The van der Waals surface area contributed by atoms with Crippen molar-refractivity contribution in [2.24, 2.45) is 0 Å². The molecule has 0 aromatic carbocycles. The molecule has 0 aliphatic rings. The number of aliphatic hydroxyl groups is 2. The summed E-state index contributed by atoms with van der Waals surface area (Å²) in [5, 5.41) is 19.4. The maximum absolute atomic E-state index is 9.84. The van der Waals surface area contributed by atoms with Gasteiger partial charge in [-0.1, -0.05) is 26.0 Å². The second kappa shape index (κ2) is 5.33. The van der Waals surface area contributed by atoms with Crippen LogP contribution in [0.15, 0.2) is 12.2 Å². The third kappa shape index (κ3) is 2.95. The van der Waals surface area contributed by atoms with E-state index < -0.39 is 11.7 Å². The molecule has 2 nitrogen and oxygen atoms in total. The van der Waals surface area contributed by atoms with Crippen LogP contribution in [0.1, 0.15) is 40.0 Å². The predicted octanol–water partition coefficient (Wildman–Crippen LogP) is 1.86. The lowest BCUT2D eigenvalue weighted by atomic mass is 9.89. The van der Waals surface area contributed by atoms with Crippen molar-refractivity contribution >= 4 is 0 Å². The van der Waals surface area contributed by atoms with Crippen LogP contribution in [0.3, 0.4) is 0 Å². The van der Waals surface area contributed by atoms with E-state index in [4.69, 9.17) is 0 Å². The average molecular weight is 172 g/mol. The monoisotopic (exact) mass is 172 g/mol. The molecule has 0 spiro atoms. The fourth-order valence-corrected chi connectivity index (χ4v) is 1.21. The molecule has 0 aromatic heterocycles. The van der Waals surface area contributed by atoms with Gasteiger partial charge in [0.2, 0.25) is 0 Å². The molecule has 0 aromatic rings. The number of hydrogen-bond acceptors (Lipinski definition) is 2.